The normalized spacial score (nSPS) is 24.2. The number of hydrogen-bond acceptors (Lipinski definition) is 6. The second-order valence-electron chi connectivity index (χ2n) is 9.44. The summed E-state index contributed by atoms with van der Waals surface area (Å²) in [7, 11) is 1.19. The molecule has 2 aliphatic heterocycles. The van der Waals surface area contributed by atoms with Crippen molar-refractivity contribution in [2.75, 3.05) is 13.7 Å². The Morgan fingerprint density at radius 3 is 2.59 bits per heavy atom. The summed E-state index contributed by atoms with van der Waals surface area (Å²) in [4.78, 5) is 30.8. The highest BCUT2D eigenvalue weighted by atomic mass is 19.3. The van der Waals surface area contributed by atoms with Gasteiger partial charge in [0.1, 0.15) is 17.2 Å². The minimum Gasteiger partial charge on any atom is -0.483 e. The van der Waals surface area contributed by atoms with Crippen LogP contribution in [0.5, 0.6) is 5.75 Å². The number of esters is 1. The highest BCUT2D eigenvalue weighted by Gasteiger charge is 2.60. The molecule has 172 valence electrons. The van der Waals surface area contributed by atoms with Crippen LogP contribution in [0.4, 0.5) is 13.6 Å². The molecule has 1 unspecified atom stereocenters. The van der Waals surface area contributed by atoms with Gasteiger partial charge in [0.15, 0.2) is 5.75 Å². The summed E-state index contributed by atoms with van der Waals surface area (Å²) in [5, 5.41) is 0.319. The third kappa shape index (κ3) is 3.73. The molecule has 1 spiro atoms. The molecule has 1 aromatic carbocycles. The van der Waals surface area contributed by atoms with Crippen LogP contribution in [0.1, 0.15) is 44.9 Å². The highest BCUT2D eigenvalue weighted by molar-refractivity contribution is 5.86. The molecule has 0 N–H and O–H groups in total. The van der Waals surface area contributed by atoms with Crippen LogP contribution in [0.3, 0.4) is 0 Å². The number of aryl methyl sites for hydroxylation is 1. The fraction of sp³-hybridized carbons (Fsp3) is 0.522. The molecule has 9 heteroatoms. The first-order chi connectivity index (χ1) is 14.9. The van der Waals surface area contributed by atoms with Crippen molar-refractivity contribution in [2.24, 2.45) is 0 Å². The van der Waals surface area contributed by atoms with E-state index in [2.05, 4.69) is 4.98 Å². The number of benzene rings is 1. The second kappa shape index (κ2) is 7.28. The smallest absolute Gasteiger partial charge is 0.411 e. The quantitative estimate of drug-likeness (QED) is 0.604. The zero-order valence-corrected chi connectivity index (χ0v) is 18.7. The van der Waals surface area contributed by atoms with Gasteiger partial charge in [-0.2, -0.15) is 0 Å². The van der Waals surface area contributed by atoms with Crippen molar-refractivity contribution >= 4 is 23.0 Å². The third-order valence-corrected chi connectivity index (χ3v) is 5.75. The van der Waals surface area contributed by atoms with E-state index in [1.54, 1.807) is 52.0 Å². The van der Waals surface area contributed by atoms with Crippen LogP contribution in [0, 0.1) is 6.92 Å². The van der Waals surface area contributed by atoms with Crippen molar-refractivity contribution in [3.05, 3.63) is 35.5 Å². The molecule has 2 atom stereocenters. The lowest BCUT2D eigenvalue weighted by molar-refractivity contribution is -0.146. The Bertz CT molecular complexity index is 1100. The summed E-state index contributed by atoms with van der Waals surface area (Å²) in [5.74, 6) is -3.97. The van der Waals surface area contributed by atoms with E-state index < -0.39 is 41.6 Å². The maximum atomic E-state index is 15.7. The predicted octanol–water partition coefficient (Wildman–Crippen LogP) is 4.34. The molecular formula is C23H26F2N2O5. The largest absolute Gasteiger partial charge is 0.483 e. The van der Waals surface area contributed by atoms with Crippen LogP contribution in [-0.4, -0.2) is 52.8 Å². The molecule has 4 rings (SSSR count). The topological polar surface area (TPSA) is 78.0 Å². The van der Waals surface area contributed by atoms with E-state index in [9.17, 15) is 9.59 Å². The molecular weight excluding hydrogens is 422 g/mol. The van der Waals surface area contributed by atoms with Gasteiger partial charge in [-0.15, -0.1) is 0 Å². The van der Waals surface area contributed by atoms with E-state index in [0.717, 1.165) is 4.90 Å². The molecule has 7 nitrogen and oxygen atoms in total. The van der Waals surface area contributed by atoms with Gasteiger partial charge < -0.3 is 14.2 Å². The summed E-state index contributed by atoms with van der Waals surface area (Å²) < 4.78 is 47.7. The number of ether oxygens (including phenoxy) is 3. The monoisotopic (exact) mass is 448 g/mol. The van der Waals surface area contributed by atoms with Crippen molar-refractivity contribution in [1.29, 1.82) is 0 Å². The minimum absolute atomic E-state index is 0.00500. The summed E-state index contributed by atoms with van der Waals surface area (Å²) in [6.45, 7) is 6.43. The summed E-state index contributed by atoms with van der Waals surface area (Å²) in [5.41, 5.74) is -1.74. The third-order valence-electron chi connectivity index (χ3n) is 5.75. The average molecular weight is 448 g/mol. The number of carbonyl (C=O) groups is 2. The Balaban J connectivity index is 1.78. The standard InChI is InChI=1S/C23H26F2N2O5/c1-13-18-17(14-8-6-7-9-15(14)26-13)23(24,25)11-22(31-18)10-16(19(28)30-5)27(12-22)20(29)32-21(2,3)4/h6-9,16H,10-12H2,1-5H3/t16-,22?/m0/s1. The van der Waals surface area contributed by atoms with Crippen molar-refractivity contribution in [2.45, 2.75) is 63.7 Å². The molecule has 2 aromatic rings. The predicted molar refractivity (Wildman–Crippen MR) is 112 cm³/mol. The Labute approximate surface area is 184 Å². The number of hydrogen-bond donors (Lipinski definition) is 0. The van der Waals surface area contributed by atoms with E-state index in [-0.39, 0.29) is 24.3 Å². The Morgan fingerprint density at radius 1 is 1.25 bits per heavy atom. The number of para-hydroxylation sites is 1. The SMILES string of the molecule is COC(=O)[C@@H]1CC2(CN1C(=O)OC(C)(C)C)CC(F)(F)c1c(c(C)nc3ccccc13)O2. The summed E-state index contributed by atoms with van der Waals surface area (Å²) >= 11 is 0. The summed E-state index contributed by atoms with van der Waals surface area (Å²) in [6.07, 6.45) is -1.61. The van der Waals surface area contributed by atoms with Gasteiger partial charge in [0, 0.05) is 11.8 Å². The van der Waals surface area contributed by atoms with Crippen molar-refractivity contribution in [3.8, 4) is 5.75 Å². The maximum Gasteiger partial charge on any atom is 0.411 e. The number of alkyl halides is 2. The first-order valence-electron chi connectivity index (χ1n) is 10.4. The van der Waals surface area contributed by atoms with Gasteiger partial charge in [-0.3, -0.25) is 4.90 Å². The number of halogens is 2. The number of fused-ring (bicyclic) bond motifs is 3. The van der Waals surface area contributed by atoms with Gasteiger partial charge in [0.2, 0.25) is 0 Å². The van der Waals surface area contributed by atoms with Crippen LogP contribution in [-0.2, 0) is 20.2 Å². The number of amides is 1. The van der Waals surface area contributed by atoms with E-state index in [1.165, 1.54) is 7.11 Å². The van der Waals surface area contributed by atoms with Gasteiger partial charge in [-0.25, -0.2) is 23.4 Å². The van der Waals surface area contributed by atoms with Crippen LogP contribution in [0.25, 0.3) is 10.9 Å². The van der Waals surface area contributed by atoms with Crippen LogP contribution in [0.15, 0.2) is 24.3 Å². The van der Waals surface area contributed by atoms with E-state index in [0.29, 0.717) is 16.6 Å². The number of methoxy groups -OCH3 is 1. The molecule has 32 heavy (non-hydrogen) atoms. The minimum atomic E-state index is -3.26. The number of likely N-dealkylation sites (tertiary alicyclic amines) is 1. The molecule has 1 fully saturated rings. The number of carbonyl (C=O) groups excluding carboxylic acids is 2. The molecule has 0 saturated carbocycles. The first-order valence-corrected chi connectivity index (χ1v) is 10.4. The van der Waals surface area contributed by atoms with Crippen molar-refractivity contribution in [1.82, 2.24) is 9.88 Å². The number of nitrogens with zero attached hydrogens (tertiary/aromatic N) is 2. The Morgan fingerprint density at radius 2 is 1.94 bits per heavy atom. The molecule has 3 heterocycles. The number of pyridine rings is 1. The van der Waals surface area contributed by atoms with Crippen LogP contribution < -0.4 is 4.74 Å². The number of rotatable bonds is 1. The molecule has 0 aliphatic carbocycles. The van der Waals surface area contributed by atoms with Gasteiger partial charge in [0.25, 0.3) is 5.92 Å². The maximum absolute atomic E-state index is 15.7. The van der Waals surface area contributed by atoms with E-state index >= 15 is 8.78 Å². The molecule has 1 amide bonds. The fourth-order valence-corrected chi connectivity index (χ4v) is 4.56. The van der Waals surface area contributed by atoms with E-state index in [4.69, 9.17) is 14.2 Å². The molecule has 2 aliphatic rings. The molecule has 0 bridgehead atoms. The fourth-order valence-electron chi connectivity index (χ4n) is 4.56. The zero-order chi connectivity index (χ0) is 23.5. The lowest BCUT2D eigenvalue weighted by Crippen LogP contribution is -2.48. The van der Waals surface area contributed by atoms with Gasteiger partial charge >= 0.3 is 12.1 Å². The van der Waals surface area contributed by atoms with Crippen molar-refractivity contribution in [3.63, 3.8) is 0 Å². The lowest BCUT2D eigenvalue weighted by Gasteiger charge is -2.40. The van der Waals surface area contributed by atoms with Crippen molar-refractivity contribution < 1.29 is 32.6 Å². The van der Waals surface area contributed by atoms with Gasteiger partial charge in [-0.05, 0) is 33.8 Å². The Kier molecular flexibility index (Phi) is 5.06. The van der Waals surface area contributed by atoms with Crippen LogP contribution >= 0.6 is 0 Å². The number of aromatic nitrogens is 1. The first kappa shape index (κ1) is 22.2. The molecule has 1 aromatic heterocycles. The Hall–Kier alpha value is -2.97. The second-order valence-corrected chi connectivity index (χ2v) is 9.44. The van der Waals surface area contributed by atoms with Gasteiger partial charge in [-0.1, -0.05) is 18.2 Å². The zero-order valence-electron chi connectivity index (χ0n) is 18.7. The molecule has 0 radical (unpaired) electrons. The molecule has 1 saturated heterocycles. The van der Waals surface area contributed by atoms with Crippen LogP contribution in [0.2, 0.25) is 0 Å². The lowest BCUT2D eigenvalue weighted by atomic mass is 9.84. The average Bonchev–Trinajstić information content (AvgIpc) is 3.04. The summed E-state index contributed by atoms with van der Waals surface area (Å²) in [6, 6.07) is 5.58. The van der Waals surface area contributed by atoms with E-state index in [1.807, 2.05) is 0 Å². The van der Waals surface area contributed by atoms with Gasteiger partial charge in [0.05, 0.1) is 36.8 Å². The highest BCUT2D eigenvalue weighted by Crippen LogP contribution is 2.53.